The largest absolute Gasteiger partial charge is 0.319 e. The number of halogens is 1. The van der Waals surface area contributed by atoms with Crippen molar-refractivity contribution in [3.63, 3.8) is 0 Å². The van der Waals surface area contributed by atoms with E-state index in [1.165, 1.54) is 11.3 Å². The lowest BCUT2D eigenvalue weighted by atomic mass is 10.1. The average molecular weight is 367 g/mol. The van der Waals surface area contributed by atoms with Gasteiger partial charge in [-0.2, -0.15) is 0 Å². The van der Waals surface area contributed by atoms with E-state index >= 15 is 0 Å². The number of carbonyl (C=O) groups excluding carboxylic acids is 1. The Bertz CT molecular complexity index is 760. The number of carbonyl (C=O) groups is 1. The normalized spacial score (nSPS) is 29.0. The summed E-state index contributed by atoms with van der Waals surface area (Å²) in [6.45, 7) is 3.56. The van der Waals surface area contributed by atoms with E-state index < -0.39 is 12.6 Å². The summed E-state index contributed by atoms with van der Waals surface area (Å²) >= 11 is 7.31. The molecule has 1 aromatic carbocycles. The Kier molecular flexibility index (Phi) is 4.20. The van der Waals surface area contributed by atoms with Gasteiger partial charge in [0.15, 0.2) is 18.9 Å². The van der Waals surface area contributed by atoms with Crippen LogP contribution in [0, 0.1) is 0 Å². The van der Waals surface area contributed by atoms with E-state index in [0.29, 0.717) is 15.5 Å². The zero-order valence-corrected chi connectivity index (χ0v) is 14.6. The van der Waals surface area contributed by atoms with Crippen molar-refractivity contribution in [3.05, 3.63) is 45.8 Å². The molecule has 0 bridgehead atoms. The molecule has 2 aliphatic heterocycles. The molecular formula is C17H15ClO5S. The third-order valence-electron chi connectivity index (χ3n) is 3.84. The van der Waals surface area contributed by atoms with Crippen molar-refractivity contribution >= 4 is 28.7 Å². The van der Waals surface area contributed by atoms with Gasteiger partial charge >= 0.3 is 0 Å². The van der Waals surface area contributed by atoms with Crippen molar-refractivity contribution in [1.29, 1.82) is 0 Å². The van der Waals surface area contributed by atoms with E-state index in [4.69, 9.17) is 30.5 Å². The number of ketones is 1. The van der Waals surface area contributed by atoms with Crippen LogP contribution in [0.5, 0.6) is 0 Å². The van der Waals surface area contributed by atoms with E-state index in [1.807, 2.05) is 37.3 Å². The van der Waals surface area contributed by atoms with E-state index in [0.717, 1.165) is 10.4 Å². The zero-order valence-electron chi connectivity index (χ0n) is 13.0. The number of thiophene rings is 1. The summed E-state index contributed by atoms with van der Waals surface area (Å²) in [5.74, 6) is -0.208. The summed E-state index contributed by atoms with van der Waals surface area (Å²) in [5, 5.41) is 0.663. The molecule has 0 atom stereocenters. The molecule has 0 unspecified atom stereocenters. The van der Waals surface area contributed by atoms with Crippen LogP contribution in [0.4, 0.5) is 0 Å². The topological polar surface area (TPSA) is 54.0 Å². The predicted molar refractivity (Wildman–Crippen MR) is 88.9 cm³/mol. The summed E-state index contributed by atoms with van der Waals surface area (Å²) in [5.41, 5.74) is 1.68. The summed E-state index contributed by atoms with van der Waals surface area (Å²) in [6, 6.07) is 9.37. The average Bonchev–Trinajstić information content (AvgIpc) is 2.93. The number of ether oxygens (including phenoxy) is 4. The van der Waals surface area contributed by atoms with Crippen LogP contribution in [0.1, 0.15) is 35.4 Å². The van der Waals surface area contributed by atoms with Crippen LogP contribution >= 0.6 is 22.9 Å². The molecule has 126 valence electrons. The van der Waals surface area contributed by atoms with Crippen molar-refractivity contribution in [2.75, 3.05) is 0 Å². The minimum absolute atomic E-state index is 0.208. The van der Waals surface area contributed by atoms with Crippen LogP contribution in [0.3, 0.4) is 0 Å². The highest BCUT2D eigenvalue weighted by Crippen LogP contribution is 2.42. The predicted octanol–water partition coefficient (Wildman–Crippen LogP) is 4.36. The van der Waals surface area contributed by atoms with Crippen molar-refractivity contribution in [3.8, 4) is 10.4 Å². The van der Waals surface area contributed by atoms with Gasteiger partial charge in [-0.3, -0.25) is 4.79 Å². The first kappa shape index (κ1) is 16.2. The van der Waals surface area contributed by atoms with E-state index in [9.17, 15) is 4.79 Å². The molecule has 7 heteroatoms. The fourth-order valence-electron chi connectivity index (χ4n) is 2.62. The quantitative estimate of drug-likeness (QED) is 0.752. The van der Waals surface area contributed by atoms with Crippen molar-refractivity contribution in [2.45, 2.75) is 39.0 Å². The first-order valence-corrected chi connectivity index (χ1v) is 8.76. The van der Waals surface area contributed by atoms with Crippen LogP contribution in [-0.4, -0.2) is 24.7 Å². The standard InChI is InChI=1S/C17H15ClO5S/c1-8-20-16(21-8)12-7-13(10-3-5-11(18)6-4-10)24-15(12)14(19)17-22-9(2)23-17/h3-9,16-17H,1-2H3. The molecule has 2 aliphatic rings. The van der Waals surface area contributed by atoms with Gasteiger partial charge in [0.1, 0.15) is 0 Å². The molecule has 0 radical (unpaired) electrons. The fourth-order valence-corrected chi connectivity index (χ4v) is 3.88. The van der Waals surface area contributed by atoms with Gasteiger partial charge in [0.2, 0.25) is 12.1 Å². The van der Waals surface area contributed by atoms with E-state index in [2.05, 4.69) is 0 Å². The molecule has 0 N–H and O–H groups in total. The number of hydrogen-bond donors (Lipinski definition) is 0. The molecule has 4 rings (SSSR count). The smallest absolute Gasteiger partial charge is 0.229 e. The maximum absolute atomic E-state index is 12.6. The first-order valence-electron chi connectivity index (χ1n) is 7.57. The van der Waals surface area contributed by atoms with Crippen LogP contribution in [-0.2, 0) is 18.9 Å². The second-order valence-corrected chi connectivity index (χ2v) is 7.10. The van der Waals surface area contributed by atoms with E-state index in [-0.39, 0.29) is 18.4 Å². The van der Waals surface area contributed by atoms with Crippen molar-refractivity contribution < 1.29 is 23.7 Å². The Labute approximate surface area is 148 Å². The molecule has 2 saturated heterocycles. The van der Waals surface area contributed by atoms with Gasteiger partial charge in [0.05, 0.1) is 4.88 Å². The molecule has 0 spiro atoms. The van der Waals surface area contributed by atoms with Gasteiger partial charge in [-0.15, -0.1) is 11.3 Å². The minimum Gasteiger partial charge on any atom is -0.319 e. The van der Waals surface area contributed by atoms with Crippen LogP contribution in [0.2, 0.25) is 5.02 Å². The SMILES string of the molecule is CC1OC(C(=O)c2sc(-c3ccc(Cl)cc3)cc2C2OC(C)O2)O1. The van der Waals surface area contributed by atoms with Gasteiger partial charge in [-0.1, -0.05) is 23.7 Å². The van der Waals surface area contributed by atoms with Crippen LogP contribution < -0.4 is 0 Å². The monoisotopic (exact) mass is 366 g/mol. The lowest BCUT2D eigenvalue weighted by Gasteiger charge is -2.35. The molecule has 2 fully saturated rings. The number of hydrogen-bond acceptors (Lipinski definition) is 6. The Morgan fingerprint density at radius 1 is 1.04 bits per heavy atom. The number of benzene rings is 1. The highest BCUT2D eigenvalue weighted by Gasteiger charge is 2.40. The van der Waals surface area contributed by atoms with Crippen LogP contribution in [0.25, 0.3) is 10.4 Å². The van der Waals surface area contributed by atoms with Gasteiger partial charge < -0.3 is 18.9 Å². The molecular weight excluding hydrogens is 352 g/mol. The van der Waals surface area contributed by atoms with Crippen LogP contribution in [0.15, 0.2) is 30.3 Å². The van der Waals surface area contributed by atoms with Gasteiger partial charge in [-0.25, -0.2) is 0 Å². The number of rotatable bonds is 4. The summed E-state index contributed by atoms with van der Waals surface area (Å²) < 4.78 is 21.8. The van der Waals surface area contributed by atoms with Crippen molar-refractivity contribution in [2.24, 2.45) is 0 Å². The molecule has 1 aromatic heterocycles. The van der Waals surface area contributed by atoms with Crippen molar-refractivity contribution in [1.82, 2.24) is 0 Å². The minimum atomic E-state index is -0.854. The lowest BCUT2D eigenvalue weighted by molar-refractivity contribution is -0.382. The maximum Gasteiger partial charge on any atom is 0.229 e. The molecule has 3 heterocycles. The second-order valence-electron chi connectivity index (χ2n) is 5.61. The second kappa shape index (κ2) is 6.22. The van der Waals surface area contributed by atoms with Gasteiger partial charge in [0.25, 0.3) is 0 Å². The maximum atomic E-state index is 12.6. The van der Waals surface area contributed by atoms with E-state index in [1.54, 1.807) is 6.92 Å². The zero-order chi connectivity index (χ0) is 16.8. The first-order chi connectivity index (χ1) is 11.5. The fraction of sp³-hybridized carbons (Fsp3) is 0.353. The molecule has 0 saturated carbocycles. The Balaban J connectivity index is 1.68. The lowest BCUT2D eigenvalue weighted by Crippen LogP contribution is -2.44. The third-order valence-corrected chi connectivity index (χ3v) is 5.31. The van der Waals surface area contributed by atoms with Gasteiger partial charge in [-0.05, 0) is 37.6 Å². The highest BCUT2D eigenvalue weighted by molar-refractivity contribution is 7.17. The Morgan fingerprint density at radius 2 is 1.67 bits per heavy atom. The highest BCUT2D eigenvalue weighted by atomic mass is 35.5. The molecule has 2 aromatic rings. The number of Topliss-reactive ketones (excluding diaryl/α,β-unsaturated/α-hetero) is 1. The molecule has 24 heavy (non-hydrogen) atoms. The van der Waals surface area contributed by atoms with Gasteiger partial charge in [0, 0.05) is 15.5 Å². The molecule has 0 aliphatic carbocycles. The molecule has 5 nitrogen and oxygen atoms in total. The third kappa shape index (κ3) is 2.90. The Hall–Kier alpha value is -1.28. The Morgan fingerprint density at radius 3 is 2.25 bits per heavy atom. The summed E-state index contributed by atoms with van der Waals surface area (Å²) in [6.07, 6.45) is -2.01. The molecule has 0 amide bonds. The summed E-state index contributed by atoms with van der Waals surface area (Å²) in [4.78, 5) is 14.1. The summed E-state index contributed by atoms with van der Waals surface area (Å²) in [7, 11) is 0.